The molecule has 0 bridgehead atoms. The van der Waals surface area contributed by atoms with Gasteiger partial charge in [0.15, 0.2) is 17.3 Å². The van der Waals surface area contributed by atoms with Crippen LogP contribution in [-0.4, -0.2) is 24.5 Å². The molecular weight excluding hydrogens is 370 g/mol. The molecule has 0 unspecified atom stereocenters. The normalized spacial score (nSPS) is 17.1. The fourth-order valence-corrected chi connectivity index (χ4v) is 3.20. The highest BCUT2D eigenvalue weighted by Gasteiger charge is 2.39. The molecule has 0 spiro atoms. The predicted molar refractivity (Wildman–Crippen MR) is 93.8 cm³/mol. The van der Waals surface area contributed by atoms with Gasteiger partial charge in [0, 0.05) is 6.07 Å². The molecule has 2 aliphatic rings. The monoisotopic (exact) mass is 387 g/mol. The summed E-state index contributed by atoms with van der Waals surface area (Å²) in [5, 5.41) is 9.42. The van der Waals surface area contributed by atoms with Gasteiger partial charge in [0.05, 0.1) is 12.5 Å². The number of carbonyl (C=O) groups excluding carboxylic acids is 1. The molecule has 1 aromatic carbocycles. The zero-order valence-electron chi connectivity index (χ0n) is 14.9. The van der Waals surface area contributed by atoms with E-state index >= 15 is 0 Å². The summed E-state index contributed by atoms with van der Waals surface area (Å²) in [6.07, 6.45) is 0. The number of aliphatic hydroxyl groups excluding tert-OH is 1. The van der Waals surface area contributed by atoms with E-state index in [2.05, 4.69) is 0 Å². The molecule has 0 radical (unpaired) electrons. The second-order valence-corrected chi connectivity index (χ2v) is 6.07. The smallest absolute Gasteiger partial charge is 0.340 e. The summed E-state index contributed by atoms with van der Waals surface area (Å²) in [6.45, 7) is 1.36. The minimum Gasteiger partial charge on any atom is -0.462 e. The third-order valence-electron chi connectivity index (χ3n) is 4.39. The van der Waals surface area contributed by atoms with Crippen LogP contribution >= 0.6 is 0 Å². The molecule has 3 heterocycles. The van der Waals surface area contributed by atoms with Crippen LogP contribution in [0.2, 0.25) is 0 Å². The molecular formula is C19H17NO8. The summed E-state index contributed by atoms with van der Waals surface area (Å²) >= 11 is 0. The standard InChI is InChI=1S/C19H17NO8/c1-2-24-19(23)15-14(9-3-4-12-13(5-9)26-8-25-12)17-16(28-18(15)20)11(22)6-10(7-21)27-17/h3-6,14,21H,2,7-8,20H2,1H3/t14-/m1/s1. The van der Waals surface area contributed by atoms with E-state index in [9.17, 15) is 14.7 Å². The molecule has 0 amide bonds. The Bertz CT molecular complexity index is 1040. The Hall–Kier alpha value is -3.46. The molecule has 9 heteroatoms. The highest BCUT2D eigenvalue weighted by atomic mass is 16.7. The van der Waals surface area contributed by atoms with Crippen LogP contribution < -0.4 is 25.4 Å². The highest BCUT2D eigenvalue weighted by molar-refractivity contribution is 5.92. The average Bonchev–Trinajstić information content (AvgIpc) is 3.15. The van der Waals surface area contributed by atoms with Gasteiger partial charge in [-0.15, -0.1) is 0 Å². The minimum atomic E-state index is -0.892. The number of hydrogen-bond donors (Lipinski definition) is 2. The second-order valence-electron chi connectivity index (χ2n) is 6.07. The van der Waals surface area contributed by atoms with Gasteiger partial charge in [-0.3, -0.25) is 4.79 Å². The van der Waals surface area contributed by atoms with Crippen LogP contribution in [0.1, 0.15) is 29.9 Å². The number of nitrogens with two attached hydrogens (primary N) is 1. The lowest BCUT2D eigenvalue weighted by molar-refractivity contribution is -0.139. The first-order chi connectivity index (χ1) is 13.5. The number of rotatable bonds is 4. The molecule has 2 aliphatic heterocycles. The number of aliphatic hydroxyl groups is 1. The average molecular weight is 387 g/mol. The van der Waals surface area contributed by atoms with Crippen molar-refractivity contribution >= 4 is 5.97 Å². The summed E-state index contributed by atoms with van der Waals surface area (Å²) in [5.74, 6) is -0.886. The summed E-state index contributed by atoms with van der Waals surface area (Å²) in [4.78, 5) is 25.0. The number of benzene rings is 1. The van der Waals surface area contributed by atoms with Gasteiger partial charge in [0.25, 0.3) is 0 Å². The first-order valence-corrected chi connectivity index (χ1v) is 8.55. The highest BCUT2D eigenvalue weighted by Crippen LogP contribution is 2.44. The van der Waals surface area contributed by atoms with Crippen LogP contribution in [0.25, 0.3) is 0 Å². The van der Waals surface area contributed by atoms with Crippen LogP contribution in [-0.2, 0) is 16.1 Å². The fourth-order valence-electron chi connectivity index (χ4n) is 3.20. The van der Waals surface area contributed by atoms with E-state index < -0.39 is 23.9 Å². The van der Waals surface area contributed by atoms with Gasteiger partial charge in [0.1, 0.15) is 17.9 Å². The number of carbonyl (C=O) groups is 1. The maximum Gasteiger partial charge on any atom is 0.340 e. The zero-order chi connectivity index (χ0) is 19.8. The van der Waals surface area contributed by atoms with Crippen LogP contribution in [0.3, 0.4) is 0 Å². The van der Waals surface area contributed by atoms with Crippen molar-refractivity contribution in [2.45, 2.75) is 19.4 Å². The van der Waals surface area contributed by atoms with Gasteiger partial charge in [-0.1, -0.05) is 6.07 Å². The summed E-state index contributed by atoms with van der Waals surface area (Å²) < 4.78 is 26.9. The Balaban J connectivity index is 1.94. The van der Waals surface area contributed by atoms with Crippen LogP contribution in [0, 0.1) is 0 Å². The van der Waals surface area contributed by atoms with Crippen LogP contribution in [0.5, 0.6) is 17.2 Å². The molecule has 1 aromatic heterocycles. The molecule has 0 saturated carbocycles. The minimum absolute atomic E-state index is 0.00791. The molecule has 9 nitrogen and oxygen atoms in total. The van der Waals surface area contributed by atoms with Crippen molar-refractivity contribution in [1.29, 1.82) is 0 Å². The Labute approximate surface area is 158 Å². The lowest BCUT2D eigenvalue weighted by Gasteiger charge is -2.27. The Morgan fingerprint density at radius 3 is 2.82 bits per heavy atom. The number of esters is 1. The number of fused-ring (bicyclic) bond motifs is 2. The topological polar surface area (TPSA) is 130 Å². The second kappa shape index (κ2) is 6.93. The van der Waals surface area contributed by atoms with Gasteiger partial charge in [-0.05, 0) is 24.6 Å². The van der Waals surface area contributed by atoms with Crippen molar-refractivity contribution in [3.8, 4) is 17.2 Å². The molecule has 0 aliphatic carbocycles. The van der Waals surface area contributed by atoms with Crippen molar-refractivity contribution in [2.24, 2.45) is 5.73 Å². The van der Waals surface area contributed by atoms with Gasteiger partial charge in [0.2, 0.25) is 23.9 Å². The summed E-state index contributed by atoms with van der Waals surface area (Å²) in [6, 6.07) is 6.16. The van der Waals surface area contributed by atoms with E-state index in [1.165, 1.54) is 0 Å². The van der Waals surface area contributed by atoms with Gasteiger partial charge < -0.3 is 34.2 Å². The molecule has 3 N–H and O–H groups in total. The molecule has 146 valence electrons. The first kappa shape index (κ1) is 17.9. The summed E-state index contributed by atoms with van der Waals surface area (Å²) in [5.41, 5.74) is 6.00. The molecule has 0 fully saturated rings. The number of hydrogen-bond acceptors (Lipinski definition) is 9. The van der Waals surface area contributed by atoms with E-state index in [-0.39, 0.29) is 42.1 Å². The van der Waals surface area contributed by atoms with Gasteiger partial charge in [-0.2, -0.15) is 0 Å². The lowest BCUT2D eigenvalue weighted by atomic mass is 9.86. The van der Waals surface area contributed by atoms with E-state index in [1.807, 2.05) is 0 Å². The van der Waals surface area contributed by atoms with Crippen molar-refractivity contribution < 1.29 is 33.3 Å². The van der Waals surface area contributed by atoms with Crippen molar-refractivity contribution in [2.75, 3.05) is 13.4 Å². The third-order valence-corrected chi connectivity index (χ3v) is 4.39. The molecule has 1 atom stereocenters. The van der Waals surface area contributed by atoms with Crippen LogP contribution in [0.15, 0.2) is 44.9 Å². The van der Waals surface area contributed by atoms with Gasteiger partial charge >= 0.3 is 5.97 Å². The zero-order valence-corrected chi connectivity index (χ0v) is 14.9. The third kappa shape index (κ3) is 2.85. The maximum atomic E-state index is 12.6. The Morgan fingerprint density at radius 1 is 1.29 bits per heavy atom. The van der Waals surface area contributed by atoms with Gasteiger partial charge in [-0.25, -0.2) is 4.79 Å². The van der Waals surface area contributed by atoms with Crippen LogP contribution in [0.4, 0.5) is 0 Å². The van der Waals surface area contributed by atoms with E-state index in [1.54, 1.807) is 25.1 Å². The lowest BCUT2D eigenvalue weighted by Crippen LogP contribution is -2.30. The molecule has 0 saturated heterocycles. The Kier molecular flexibility index (Phi) is 4.44. The largest absolute Gasteiger partial charge is 0.462 e. The van der Waals surface area contributed by atoms with Crippen molar-refractivity contribution in [1.82, 2.24) is 0 Å². The molecule has 4 rings (SSSR count). The predicted octanol–water partition coefficient (Wildman–Crippen LogP) is 1.12. The molecule has 2 aromatic rings. The van der Waals surface area contributed by atoms with E-state index in [4.69, 9.17) is 29.1 Å². The SMILES string of the molecule is CCOC(=O)C1=C(N)Oc2c(oc(CO)cc2=O)[C@@H]1c1ccc2c(c1)OCO2. The quantitative estimate of drug-likeness (QED) is 0.741. The summed E-state index contributed by atoms with van der Waals surface area (Å²) in [7, 11) is 0. The van der Waals surface area contributed by atoms with E-state index in [0.717, 1.165) is 6.07 Å². The first-order valence-electron chi connectivity index (χ1n) is 8.55. The van der Waals surface area contributed by atoms with E-state index in [0.29, 0.717) is 17.1 Å². The van der Waals surface area contributed by atoms with Crippen molar-refractivity contribution in [3.05, 3.63) is 63.0 Å². The Morgan fingerprint density at radius 2 is 2.07 bits per heavy atom. The fraction of sp³-hybridized carbons (Fsp3) is 0.263. The maximum absolute atomic E-state index is 12.6. The van der Waals surface area contributed by atoms with Crippen molar-refractivity contribution in [3.63, 3.8) is 0 Å². The number of ether oxygens (including phenoxy) is 4. The molecule has 28 heavy (non-hydrogen) atoms.